The molecule has 1 saturated heterocycles. The molecule has 7 heteroatoms. The van der Waals surface area contributed by atoms with Crippen LogP contribution >= 0.6 is 0 Å². The van der Waals surface area contributed by atoms with Crippen LogP contribution in [0.5, 0.6) is 0 Å². The highest BCUT2D eigenvalue weighted by atomic mass is 16.7. The van der Waals surface area contributed by atoms with Crippen LogP contribution < -0.4 is 5.32 Å². The van der Waals surface area contributed by atoms with Crippen molar-refractivity contribution in [1.82, 2.24) is 5.32 Å². The number of amides is 1. The van der Waals surface area contributed by atoms with Crippen LogP contribution in [0.3, 0.4) is 0 Å². The molecular formula is C20H25BN2O4. The fraction of sp³-hybridized carbons (Fsp3) is 0.450. The van der Waals surface area contributed by atoms with E-state index in [4.69, 9.17) is 14.6 Å². The van der Waals surface area contributed by atoms with Crippen LogP contribution in [0.15, 0.2) is 29.7 Å². The number of carbonyl (C=O) groups is 2. The van der Waals surface area contributed by atoms with E-state index < -0.39 is 18.3 Å². The molecule has 1 amide bonds. The zero-order valence-corrected chi connectivity index (χ0v) is 16.5. The number of carbonyl (C=O) groups excluding carboxylic acids is 2. The Morgan fingerprint density at radius 3 is 2.19 bits per heavy atom. The van der Waals surface area contributed by atoms with E-state index in [9.17, 15) is 9.59 Å². The van der Waals surface area contributed by atoms with Crippen LogP contribution in [0.4, 0.5) is 0 Å². The largest absolute Gasteiger partial charge is 0.492 e. The number of ketones is 1. The molecule has 0 radical (unpaired) electrons. The zero-order chi connectivity index (χ0) is 20.2. The topological polar surface area (TPSA) is 88.4 Å². The summed E-state index contributed by atoms with van der Waals surface area (Å²) in [6, 6.07) is 8.82. The molecule has 1 aromatic carbocycles. The van der Waals surface area contributed by atoms with Gasteiger partial charge < -0.3 is 14.6 Å². The van der Waals surface area contributed by atoms with Gasteiger partial charge in [0.15, 0.2) is 5.78 Å². The molecule has 0 saturated carbocycles. The lowest BCUT2D eigenvalue weighted by Crippen LogP contribution is -2.41. The highest BCUT2D eigenvalue weighted by Crippen LogP contribution is 2.38. The maximum Gasteiger partial charge on any atom is 0.492 e. The number of hydrogen-bond acceptors (Lipinski definition) is 5. The first-order valence-corrected chi connectivity index (χ1v) is 8.86. The van der Waals surface area contributed by atoms with Crippen molar-refractivity contribution >= 4 is 24.9 Å². The maximum absolute atomic E-state index is 11.8. The van der Waals surface area contributed by atoms with Gasteiger partial charge >= 0.3 is 7.12 Å². The summed E-state index contributed by atoms with van der Waals surface area (Å²) in [4.78, 5) is 23.2. The number of hydrogen-bond donors (Lipinski definition) is 1. The van der Waals surface area contributed by atoms with E-state index in [-0.39, 0.29) is 18.1 Å². The summed E-state index contributed by atoms with van der Waals surface area (Å²) >= 11 is 0. The van der Waals surface area contributed by atoms with Crippen LogP contribution in [0.2, 0.25) is 0 Å². The minimum absolute atomic E-state index is 0.142. The molecule has 1 heterocycles. The first-order chi connectivity index (χ1) is 12.6. The summed E-state index contributed by atoms with van der Waals surface area (Å²) < 4.78 is 12.2. The quantitative estimate of drug-likeness (QED) is 0.616. The van der Waals surface area contributed by atoms with Gasteiger partial charge in [0.1, 0.15) is 0 Å². The molecule has 1 aromatic rings. The van der Waals surface area contributed by atoms with Gasteiger partial charge in [-0.25, -0.2) is 0 Å². The standard InChI is InChI=1S/C20H25BN2O4/c1-14(24)23-13-17(21-26-19(2,3)20(4,5)27-21)12-15-6-8-16(9-7-15)18(25)10-11-22/h6-9,12H,10,13H2,1-5H3,(H,23,24). The van der Waals surface area contributed by atoms with E-state index in [0.29, 0.717) is 12.1 Å². The van der Waals surface area contributed by atoms with E-state index in [1.165, 1.54) is 6.92 Å². The number of benzene rings is 1. The van der Waals surface area contributed by atoms with Crippen LogP contribution in [0.1, 0.15) is 57.0 Å². The maximum atomic E-state index is 11.8. The summed E-state index contributed by atoms with van der Waals surface area (Å²) in [7, 11) is -0.582. The van der Waals surface area contributed by atoms with Crippen LogP contribution in [-0.4, -0.2) is 36.6 Å². The van der Waals surface area contributed by atoms with Crippen LogP contribution in [0, 0.1) is 11.3 Å². The summed E-state index contributed by atoms with van der Waals surface area (Å²) in [5.41, 5.74) is 1.15. The van der Waals surface area contributed by atoms with Crippen molar-refractivity contribution in [3.63, 3.8) is 0 Å². The van der Waals surface area contributed by atoms with Crippen molar-refractivity contribution in [2.75, 3.05) is 6.54 Å². The molecule has 0 unspecified atom stereocenters. The van der Waals surface area contributed by atoms with E-state index in [2.05, 4.69) is 5.32 Å². The lowest BCUT2D eigenvalue weighted by atomic mass is 9.77. The SMILES string of the molecule is CC(=O)NCC(=Cc1ccc(C(=O)CC#N)cc1)B1OC(C)(C)C(C)(C)O1. The van der Waals surface area contributed by atoms with Crippen molar-refractivity contribution in [2.24, 2.45) is 0 Å². The van der Waals surface area contributed by atoms with Crippen molar-refractivity contribution in [3.8, 4) is 6.07 Å². The highest BCUT2D eigenvalue weighted by Gasteiger charge is 2.52. The van der Waals surface area contributed by atoms with Gasteiger partial charge in [0.25, 0.3) is 0 Å². The van der Waals surface area contributed by atoms with E-state index in [1.807, 2.05) is 39.8 Å². The second-order valence-electron chi connectivity index (χ2n) is 7.60. The molecule has 0 aliphatic carbocycles. The van der Waals surface area contributed by atoms with Crippen molar-refractivity contribution in [3.05, 3.63) is 40.9 Å². The molecule has 27 heavy (non-hydrogen) atoms. The lowest BCUT2D eigenvalue weighted by Gasteiger charge is -2.32. The third-order valence-corrected chi connectivity index (χ3v) is 4.92. The Bertz CT molecular complexity index is 775. The summed E-state index contributed by atoms with van der Waals surface area (Å²) in [5, 5.41) is 11.4. The summed E-state index contributed by atoms with van der Waals surface area (Å²) in [6.07, 6.45) is 1.74. The first kappa shape index (κ1) is 20.9. The van der Waals surface area contributed by atoms with Gasteiger partial charge in [0.2, 0.25) is 5.91 Å². The van der Waals surface area contributed by atoms with Gasteiger partial charge in [-0.15, -0.1) is 0 Å². The van der Waals surface area contributed by atoms with Gasteiger partial charge in [-0.2, -0.15) is 5.26 Å². The molecule has 6 nitrogen and oxygen atoms in total. The number of nitrogens with one attached hydrogen (secondary N) is 1. The number of nitrogens with zero attached hydrogens (tertiary/aromatic N) is 1. The predicted molar refractivity (Wildman–Crippen MR) is 104 cm³/mol. The van der Waals surface area contributed by atoms with Gasteiger partial charge in [-0.05, 0) is 38.7 Å². The Kier molecular flexibility index (Phi) is 6.24. The van der Waals surface area contributed by atoms with E-state index in [0.717, 1.165) is 11.0 Å². The molecule has 0 bridgehead atoms. The second kappa shape index (κ2) is 8.07. The Labute approximate surface area is 160 Å². The van der Waals surface area contributed by atoms with Crippen LogP contribution in [-0.2, 0) is 14.1 Å². The fourth-order valence-corrected chi connectivity index (χ4v) is 2.58. The Hall–Kier alpha value is -2.43. The van der Waals surface area contributed by atoms with E-state index in [1.54, 1.807) is 24.3 Å². The first-order valence-electron chi connectivity index (χ1n) is 8.86. The molecule has 1 aliphatic rings. The number of nitriles is 1. The molecule has 0 atom stereocenters. The number of Topliss-reactive ketones (excluding diaryl/α,β-unsaturated/α-hetero) is 1. The third kappa shape index (κ3) is 5.06. The average Bonchev–Trinajstić information content (AvgIpc) is 2.79. The average molecular weight is 368 g/mol. The molecule has 142 valence electrons. The lowest BCUT2D eigenvalue weighted by molar-refractivity contribution is -0.118. The molecule has 1 N–H and O–H groups in total. The Morgan fingerprint density at radius 2 is 1.70 bits per heavy atom. The van der Waals surface area contributed by atoms with Gasteiger partial charge in [-0.1, -0.05) is 30.3 Å². The molecular weight excluding hydrogens is 343 g/mol. The van der Waals surface area contributed by atoms with Crippen molar-refractivity contribution in [2.45, 2.75) is 52.2 Å². The monoisotopic (exact) mass is 368 g/mol. The normalized spacial score (nSPS) is 18.1. The minimum Gasteiger partial charge on any atom is -0.400 e. The summed E-state index contributed by atoms with van der Waals surface area (Å²) in [5.74, 6) is -0.354. The van der Waals surface area contributed by atoms with Crippen LogP contribution in [0.25, 0.3) is 6.08 Å². The van der Waals surface area contributed by atoms with E-state index >= 15 is 0 Å². The number of rotatable bonds is 6. The zero-order valence-electron chi connectivity index (χ0n) is 16.5. The Morgan fingerprint density at radius 1 is 1.15 bits per heavy atom. The molecule has 1 aliphatic heterocycles. The second-order valence-corrected chi connectivity index (χ2v) is 7.60. The highest BCUT2D eigenvalue weighted by molar-refractivity contribution is 6.56. The molecule has 1 fully saturated rings. The van der Waals surface area contributed by atoms with Gasteiger partial charge in [0.05, 0.1) is 23.7 Å². The van der Waals surface area contributed by atoms with Crippen molar-refractivity contribution in [1.29, 1.82) is 5.26 Å². The van der Waals surface area contributed by atoms with Gasteiger partial charge in [0, 0.05) is 19.0 Å². The fourth-order valence-electron chi connectivity index (χ4n) is 2.58. The molecule has 0 aromatic heterocycles. The summed E-state index contributed by atoms with van der Waals surface area (Å²) in [6.45, 7) is 9.63. The third-order valence-electron chi connectivity index (χ3n) is 4.92. The predicted octanol–water partition coefficient (Wildman–Crippen LogP) is 2.93. The molecule has 0 spiro atoms. The smallest absolute Gasteiger partial charge is 0.400 e. The minimum atomic E-state index is -0.582. The van der Waals surface area contributed by atoms with Crippen molar-refractivity contribution < 1.29 is 18.9 Å². The van der Waals surface area contributed by atoms with Gasteiger partial charge in [-0.3, -0.25) is 9.59 Å². The Balaban J connectivity index is 2.27. The molecule has 2 rings (SSSR count).